The number of para-hydroxylation sites is 2. The predicted molar refractivity (Wildman–Crippen MR) is 155 cm³/mol. The van der Waals surface area contributed by atoms with Gasteiger partial charge in [-0.15, -0.1) is 0 Å². The maximum absolute atomic E-state index is 11.8. The predicted octanol–water partition coefficient (Wildman–Crippen LogP) is 9.16. The Morgan fingerprint density at radius 2 is 1.19 bits per heavy atom. The summed E-state index contributed by atoms with van der Waals surface area (Å²) >= 11 is 0. The number of aldehydes is 1. The van der Waals surface area contributed by atoms with Crippen LogP contribution in [-0.4, -0.2) is 10.9 Å². The summed E-state index contributed by atoms with van der Waals surface area (Å²) in [4.78, 5) is 11.8. The van der Waals surface area contributed by atoms with Crippen LogP contribution in [0.3, 0.4) is 0 Å². The molecule has 1 heterocycles. The van der Waals surface area contributed by atoms with Crippen LogP contribution in [0.25, 0.3) is 70.9 Å². The Bertz CT molecular complexity index is 2150. The third-order valence-corrected chi connectivity index (χ3v) is 7.82. The molecule has 0 radical (unpaired) electrons. The Kier molecular flexibility index (Phi) is 4.12. The van der Waals surface area contributed by atoms with Gasteiger partial charge in [0.2, 0.25) is 0 Å². The molecule has 37 heavy (non-hydrogen) atoms. The molecule has 2 nitrogen and oxygen atoms in total. The van der Waals surface area contributed by atoms with Crippen LogP contribution < -0.4 is 0 Å². The van der Waals surface area contributed by atoms with E-state index in [9.17, 15) is 4.79 Å². The third kappa shape index (κ3) is 2.78. The van der Waals surface area contributed by atoms with Gasteiger partial charge >= 0.3 is 0 Å². The first-order valence-electron chi connectivity index (χ1n) is 12.6. The Morgan fingerprint density at radius 1 is 0.514 bits per heavy atom. The van der Waals surface area contributed by atoms with Crippen molar-refractivity contribution in [3.8, 4) is 16.8 Å². The lowest BCUT2D eigenvalue weighted by Crippen LogP contribution is -1.93. The molecule has 0 bridgehead atoms. The zero-order chi connectivity index (χ0) is 24.5. The molecule has 0 aliphatic carbocycles. The van der Waals surface area contributed by atoms with E-state index in [1.807, 2.05) is 6.07 Å². The number of benzene rings is 7. The van der Waals surface area contributed by atoms with Gasteiger partial charge in [-0.05, 0) is 73.8 Å². The van der Waals surface area contributed by atoms with Gasteiger partial charge in [-0.2, -0.15) is 0 Å². The smallest absolute Gasteiger partial charge is 0.150 e. The summed E-state index contributed by atoms with van der Waals surface area (Å²) in [6, 6.07) is 43.1. The molecule has 172 valence electrons. The highest BCUT2D eigenvalue weighted by molar-refractivity contribution is 6.27. The molecule has 0 aliphatic rings. The zero-order valence-corrected chi connectivity index (χ0v) is 20.0. The molecule has 0 atom stereocenters. The summed E-state index contributed by atoms with van der Waals surface area (Å²) < 4.78 is 2.35. The normalized spacial score (nSPS) is 11.9. The van der Waals surface area contributed by atoms with Gasteiger partial charge in [-0.1, -0.05) is 91.0 Å². The van der Waals surface area contributed by atoms with Crippen molar-refractivity contribution in [3.05, 3.63) is 127 Å². The van der Waals surface area contributed by atoms with E-state index in [2.05, 4.69) is 120 Å². The van der Waals surface area contributed by atoms with E-state index in [0.29, 0.717) is 0 Å². The van der Waals surface area contributed by atoms with Crippen molar-refractivity contribution in [2.45, 2.75) is 0 Å². The molecule has 0 saturated heterocycles. The van der Waals surface area contributed by atoms with Crippen LogP contribution in [0.5, 0.6) is 0 Å². The van der Waals surface area contributed by atoms with Gasteiger partial charge in [-0.3, -0.25) is 4.79 Å². The molecule has 0 N–H and O–H groups in total. The molecule has 0 amide bonds. The van der Waals surface area contributed by atoms with Gasteiger partial charge in [0.1, 0.15) is 0 Å². The summed E-state index contributed by atoms with van der Waals surface area (Å²) in [5, 5.41) is 9.47. The molecule has 8 rings (SSSR count). The zero-order valence-electron chi connectivity index (χ0n) is 20.0. The Morgan fingerprint density at radius 3 is 2.03 bits per heavy atom. The first-order valence-corrected chi connectivity index (χ1v) is 12.6. The van der Waals surface area contributed by atoms with E-state index in [0.717, 1.165) is 28.3 Å². The average molecular weight is 472 g/mol. The Labute approximate surface area is 213 Å². The van der Waals surface area contributed by atoms with Crippen LogP contribution in [0.1, 0.15) is 10.4 Å². The highest BCUT2D eigenvalue weighted by Crippen LogP contribution is 2.41. The Hall–Kier alpha value is -4.95. The number of hydrogen-bond donors (Lipinski definition) is 0. The van der Waals surface area contributed by atoms with Crippen LogP contribution in [-0.2, 0) is 0 Å². The Balaban J connectivity index is 1.44. The van der Waals surface area contributed by atoms with Crippen LogP contribution in [0.2, 0.25) is 0 Å². The molecule has 0 spiro atoms. The monoisotopic (exact) mass is 471 g/mol. The van der Waals surface area contributed by atoms with Crippen molar-refractivity contribution in [3.63, 3.8) is 0 Å². The third-order valence-electron chi connectivity index (χ3n) is 7.82. The van der Waals surface area contributed by atoms with E-state index >= 15 is 0 Å². The first-order chi connectivity index (χ1) is 18.3. The number of fused-ring (bicyclic) bond motifs is 3. The second-order valence-electron chi connectivity index (χ2n) is 9.73. The van der Waals surface area contributed by atoms with Crippen molar-refractivity contribution < 1.29 is 4.79 Å². The topological polar surface area (TPSA) is 22.0 Å². The van der Waals surface area contributed by atoms with Gasteiger partial charge in [0.25, 0.3) is 0 Å². The molecule has 0 fully saturated rings. The van der Waals surface area contributed by atoms with E-state index in [1.165, 1.54) is 54.5 Å². The number of rotatable bonds is 3. The van der Waals surface area contributed by atoms with E-state index in [4.69, 9.17) is 0 Å². The molecule has 0 unspecified atom stereocenters. The minimum atomic E-state index is 0.738. The van der Waals surface area contributed by atoms with E-state index in [1.54, 1.807) is 0 Å². The first kappa shape index (κ1) is 20.3. The molecule has 0 saturated carbocycles. The number of carbonyl (C=O) groups is 1. The van der Waals surface area contributed by atoms with E-state index in [-0.39, 0.29) is 0 Å². The number of nitrogens with zero attached hydrogens (tertiary/aromatic N) is 1. The second kappa shape index (κ2) is 7.52. The molecule has 7 aromatic carbocycles. The molecular formula is C35H21NO. The van der Waals surface area contributed by atoms with Crippen LogP contribution in [0.15, 0.2) is 121 Å². The lowest BCUT2D eigenvalue weighted by molar-refractivity contribution is 0.112. The summed E-state index contributed by atoms with van der Waals surface area (Å²) in [5.41, 5.74) is 6.70. The fraction of sp³-hybridized carbons (Fsp3) is 0. The molecule has 1 aromatic heterocycles. The minimum Gasteiger partial charge on any atom is -0.309 e. The lowest BCUT2D eigenvalue weighted by atomic mass is 9.88. The largest absolute Gasteiger partial charge is 0.309 e. The standard InChI is InChI=1S/C35H21NO/c37-21-25-11-10-22-14-18-30-27(16-12-23-13-17-28(25)34(22)35(23)30)24-15-19-33-31(20-24)29-8-4-5-9-32(29)36(33)26-6-2-1-3-7-26/h1-21H. The van der Waals surface area contributed by atoms with Gasteiger partial charge in [0.15, 0.2) is 6.29 Å². The summed E-state index contributed by atoms with van der Waals surface area (Å²) in [7, 11) is 0. The fourth-order valence-electron chi connectivity index (χ4n) is 6.17. The molecule has 0 aliphatic heterocycles. The number of hydrogen-bond acceptors (Lipinski definition) is 1. The maximum Gasteiger partial charge on any atom is 0.150 e. The van der Waals surface area contributed by atoms with Gasteiger partial charge < -0.3 is 4.57 Å². The number of carbonyl (C=O) groups excluding carboxylic acids is 1. The number of aromatic nitrogens is 1. The minimum absolute atomic E-state index is 0.738. The van der Waals surface area contributed by atoms with Crippen molar-refractivity contribution in [1.29, 1.82) is 0 Å². The highest BCUT2D eigenvalue weighted by atomic mass is 16.1. The molecule has 8 aromatic rings. The maximum atomic E-state index is 11.8. The molecular weight excluding hydrogens is 450 g/mol. The second-order valence-corrected chi connectivity index (χ2v) is 9.73. The van der Waals surface area contributed by atoms with E-state index < -0.39 is 0 Å². The van der Waals surface area contributed by atoms with Crippen LogP contribution >= 0.6 is 0 Å². The summed E-state index contributed by atoms with van der Waals surface area (Å²) in [6.07, 6.45) is 0.962. The van der Waals surface area contributed by atoms with Crippen molar-refractivity contribution in [1.82, 2.24) is 4.57 Å². The summed E-state index contributed by atoms with van der Waals surface area (Å²) in [6.45, 7) is 0. The van der Waals surface area contributed by atoms with Crippen molar-refractivity contribution >= 4 is 60.4 Å². The van der Waals surface area contributed by atoms with Crippen molar-refractivity contribution in [2.75, 3.05) is 0 Å². The lowest BCUT2D eigenvalue weighted by Gasteiger charge is -2.15. The molecule has 2 heteroatoms. The van der Waals surface area contributed by atoms with Crippen LogP contribution in [0.4, 0.5) is 0 Å². The van der Waals surface area contributed by atoms with Gasteiger partial charge in [-0.25, -0.2) is 0 Å². The summed E-state index contributed by atoms with van der Waals surface area (Å²) in [5.74, 6) is 0. The van der Waals surface area contributed by atoms with Gasteiger partial charge in [0, 0.05) is 22.0 Å². The van der Waals surface area contributed by atoms with Gasteiger partial charge in [0.05, 0.1) is 11.0 Å². The SMILES string of the molecule is O=Cc1ccc2ccc3c(-c4ccc5c(c4)c4ccccc4n5-c4ccccc4)ccc4ccc1c2c43. The highest BCUT2D eigenvalue weighted by Gasteiger charge is 2.16. The quantitative estimate of drug-likeness (QED) is 0.186. The van der Waals surface area contributed by atoms with Crippen molar-refractivity contribution in [2.24, 2.45) is 0 Å². The average Bonchev–Trinajstić information content (AvgIpc) is 3.30. The fourth-order valence-corrected chi connectivity index (χ4v) is 6.17. The van der Waals surface area contributed by atoms with Crippen LogP contribution in [0, 0.1) is 0 Å².